The quantitative estimate of drug-likeness (QED) is 0.778. The summed E-state index contributed by atoms with van der Waals surface area (Å²) in [5.74, 6) is -0.353. The number of nitrogens with zero attached hydrogens (tertiary/aromatic N) is 1. The number of rotatable bonds is 2. The first kappa shape index (κ1) is 15.4. The highest BCUT2D eigenvalue weighted by Crippen LogP contribution is 2.32. The van der Waals surface area contributed by atoms with Gasteiger partial charge >= 0.3 is 0 Å². The molecular formula is C18H17FN2O2S. The molecule has 3 aromatic rings. The zero-order valence-corrected chi connectivity index (χ0v) is 14.0. The fourth-order valence-corrected chi connectivity index (χ4v) is 4.89. The van der Waals surface area contributed by atoms with E-state index in [4.69, 9.17) is 0 Å². The molecule has 124 valence electrons. The Hall–Kier alpha value is -2.18. The number of halogens is 1. The maximum absolute atomic E-state index is 13.7. The maximum atomic E-state index is 13.7. The molecule has 2 aromatic carbocycles. The number of nitrogens with one attached hydrogen (secondary N) is 1. The molecule has 0 amide bonds. The van der Waals surface area contributed by atoms with Gasteiger partial charge < -0.3 is 5.32 Å². The van der Waals surface area contributed by atoms with Crippen molar-refractivity contribution in [3.8, 4) is 0 Å². The van der Waals surface area contributed by atoms with Gasteiger partial charge in [-0.2, -0.15) is 0 Å². The summed E-state index contributed by atoms with van der Waals surface area (Å²) >= 11 is 0. The molecule has 6 heteroatoms. The molecule has 0 unspecified atom stereocenters. The van der Waals surface area contributed by atoms with Crippen molar-refractivity contribution >= 4 is 20.9 Å². The van der Waals surface area contributed by atoms with Crippen molar-refractivity contribution in [3.63, 3.8) is 0 Å². The highest BCUT2D eigenvalue weighted by atomic mass is 32.2. The highest BCUT2D eigenvalue weighted by molar-refractivity contribution is 7.90. The van der Waals surface area contributed by atoms with Gasteiger partial charge in [-0.15, -0.1) is 0 Å². The largest absolute Gasteiger partial charge is 0.311 e. The third kappa shape index (κ3) is 2.25. The lowest BCUT2D eigenvalue weighted by Gasteiger charge is -2.17. The van der Waals surface area contributed by atoms with Crippen LogP contribution in [-0.2, 0) is 23.0 Å². The molecule has 2 heterocycles. The third-order valence-corrected chi connectivity index (χ3v) is 6.27. The first-order chi connectivity index (χ1) is 11.5. The molecule has 1 N–H and O–H groups in total. The zero-order valence-electron chi connectivity index (χ0n) is 13.2. The summed E-state index contributed by atoms with van der Waals surface area (Å²) in [5.41, 5.74) is 3.14. The van der Waals surface area contributed by atoms with Crippen LogP contribution in [0.4, 0.5) is 4.39 Å². The second-order valence-corrected chi connectivity index (χ2v) is 7.88. The van der Waals surface area contributed by atoms with Crippen molar-refractivity contribution in [2.24, 2.45) is 0 Å². The predicted octanol–water partition coefficient (Wildman–Crippen LogP) is 2.97. The summed E-state index contributed by atoms with van der Waals surface area (Å²) in [6.07, 6.45) is 0.686. The van der Waals surface area contributed by atoms with E-state index in [1.807, 2.05) is 6.92 Å². The van der Waals surface area contributed by atoms with E-state index >= 15 is 0 Å². The van der Waals surface area contributed by atoms with E-state index in [1.165, 1.54) is 16.1 Å². The van der Waals surface area contributed by atoms with Gasteiger partial charge in [0.05, 0.1) is 16.1 Å². The lowest BCUT2D eigenvalue weighted by molar-refractivity contribution is 0.578. The zero-order chi connectivity index (χ0) is 16.9. The van der Waals surface area contributed by atoms with Crippen molar-refractivity contribution in [3.05, 3.63) is 65.1 Å². The molecule has 1 aromatic heterocycles. The standard InChI is InChI=1S/C18H17FN2O2S/c1-12-2-5-14(6-3-12)24(22,23)21-17-7-4-13(19)10-16(17)15-8-9-20-11-18(15)21/h2-7,10,20H,8-9,11H2,1H3. The number of fused-ring (bicyclic) bond motifs is 3. The lowest BCUT2D eigenvalue weighted by atomic mass is 10.0. The molecule has 0 radical (unpaired) electrons. The Balaban J connectivity index is 2.04. The number of hydrogen-bond acceptors (Lipinski definition) is 3. The van der Waals surface area contributed by atoms with Gasteiger partial charge in [0.2, 0.25) is 0 Å². The molecule has 0 fully saturated rings. The first-order valence-electron chi connectivity index (χ1n) is 7.83. The molecule has 0 saturated carbocycles. The van der Waals surface area contributed by atoms with Crippen molar-refractivity contribution < 1.29 is 12.8 Å². The van der Waals surface area contributed by atoms with Gasteiger partial charge in [0.15, 0.2) is 0 Å². The van der Waals surface area contributed by atoms with Gasteiger partial charge in [-0.1, -0.05) is 17.7 Å². The van der Waals surface area contributed by atoms with Crippen LogP contribution in [-0.4, -0.2) is 18.9 Å². The average molecular weight is 344 g/mol. The molecule has 1 aliphatic rings. The predicted molar refractivity (Wildman–Crippen MR) is 91.1 cm³/mol. The van der Waals surface area contributed by atoms with Gasteiger partial charge in [-0.25, -0.2) is 16.8 Å². The topological polar surface area (TPSA) is 51.1 Å². The Morgan fingerprint density at radius 2 is 1.88 bits per heavy atom. The van der Waals surface area contributed by atoms with Crippen LogP contribution >= 0.6 is 0 Å². The van der Waals surface area contributed by atoms with Crippen LogP contribution in [0, 0.1) is 12.7 Å². The molecule has 0 spiro atoms. The van der Waals surface area contributed by atoms with Gasteiger partial charge in [-0.05, 0) is 55.8 Å². The van der Waals surface area contributed by atoms with E-state index in [-0.39, 0.29) is 10.7 Å². The van der Waals surface area contributed by atoms with Crippen LogP contribution in [0.5, 0.6) is 0 Å². The van der Waals surface area contributed by atoms with Gasteiger partial charge in [0, 0.05) is 11.9 Å². The summed E-state index contributed by atoms with van der Waals surface area (Å²) in [6, 6.07) is 11.1. The molecule has 0 saturated heterocycles. The molecule has 0 aliphatic carbocycles. The summed E-state index contributed by atoms with van der Waals surface area (Å²) in [4.78, 5) is 0.239. The van der Waals surface area contributed by atoms with Crippen LogP contribution in [0.3, 0.4) is 0 Å². The molecule has 4 rings (SSSR count). The second-order valence-electron chi connectivity index (χ2n) is 6.10. The fourth-order valence-electron chi connectivity index (χ4n) is 3.32. The van der Waals surface area contributed by atoms with E-state index in [0.29, 0.717) is 29.6 Å². The average Bonchev–Trinajstić information content (AvgIpc) is 2.90. The van der Waals surface area contributed by atoms with E-state index in [1.54, 1.807) is 30.3 Å². The summed E-state index contributed by atoms with van der Waals surface area (Å²) in [6.45, 7) is 3.12. The van der Waals surface area contributed by atoms with Crippen molar-refractivity contribution in [1.82, 2.24) is 9.29 Å². The van der Waals surface area contributed by atoms with E-state index in [2.05, 4.69) is 5.32 Å². The molecule has 0 bridgehead atoms. The van der Waals surface area contributed by atoms with Crippen LogP contribution in [0.1, 0.15) is 16.8 Å². The molecule has 24 heavy (non-hydrogen) atoms. The SMILES string of the molecule is Cc1ccc(S(=O)(=O)n2c3c(c4cc(F)ccc42)CCNC3)cc1. The molecule has 1 aliphatic heterocycles. The van der Waals surface area contributed by atoms with Crippen LogP contribution in [0.2, 0.25) is 0 Å². The highest BCUT2D eigenvalue weighted by Gasteiger charge is 2.28. The smallest absolute Gasteiger partial charge is 0.268 e. The maximum Gasteiger partial charge on any atom is 0.268 e. The summed E-state index contributed by atoms with van der Waals surface area (Å²) < 4.78 is 41.5. The molecule has 4 nitrogen and oxygen atoms in total. The first-order valence-corrected chi connectivity index (χ1v) is 9.27. The monoisotopic (exact) mass is 344 g/mol. The van der Waals surface area contributed by atoms with Crippen molar-refractivity contribution in [1.29, 1.82) is 0 Å². The molecule has 0 atom stereocenters. The minimum absolute atomic E-state index is 0.239. The van der Waals surface area contributed by atoms with E-state index in [0.717, 1.165) is 17.7 Å². The van der Waals surface area contributed by atoms with E-state index in [9.17, 15) is 12.8 Å². The van der Waals surface area contributed by atoms with E-state index < -0.39 is 10.0 Å². The number of benzene rings is 2. The number of aryl methyl sites for hydroxylation is 1. The van der Waals surface area contributed by atoms with Crippen LogP contribution in [0.15, 0.2) is 47.4 Å². The van der Waals surface area contributed by atoms with Crippen molar-refractivity contribution in [2.75, 3.05) is 6.54 Å². The Morgan fingerprint density at radius 1 is 1.12 bits per heavy atom. The molecular weight excluding hydrogens is 327 g/mol. The number of hydrogen-bond donors (Lipinski definition) is 1. The van der Waals surface area contributed by atoms with Gasteiger partial charge in [-0.3, -0.25) is 0 Å². The number of aromatic nitrogens is 1. The van der Waals surface area contributed by atoms with Crippen LogP contribution in [0.25, 0.3) is 10.9 Å². The minimum atomic E-state index is -3.74. The normalized spacial score (nSPS) is 14.8. The van der Waals surface area contributed by atoms with Crippen molar-refractivity contribution in [2.45, 2.75) is 24.8 Å². The third-order valence-electron chi connectivity index (χ3n) is 4.50. The second kappa shape index (κ2) is 5.43. The Bertz CT molecular complexity index is 1040. The van der Waals surface area contributed by atoms with Crippen LogP contribution < -0.4 is 5.32 Å². The van der Waals surface area contributed by atoms with Gasteiger partial charge in [0.1, 0.15) is 5.82 Å². The Kier molecular flexibility index (Phi) is 3.47. The Labute approximate surface area is 140 Å². The fraction of sp³-hybridized carbons (Fsp3) is 0.222. The Morgan fingerprint density at radius 3 is 2.62 bits per heavy atom. The summed E-state index contributed by atoms with van der Waals surface area (Å²) in [5, 5.41) is 3.89. The minimum Gasteiger partial charge on any atom is -0.311 e. The summed E-state index contributed by atoms with van der Waals surface area (Å²) in [7, 11) is -3.74. The lowest BCUT2D eigenvalue weighted by Crippen LogP contribution is -2.27. The van der Waals surface area contributed by atoms with Gasteiger partial charge in [0.25, 0.3) is 10.0 Å².